The molecule has 1 unspecified atom stereocenters. The van der Waals surface area contributed by atoms with Crippen LogP contribution in [0.3, 0.4) is 0 Å². The van der Waals surface area contributed by atoms with Crippen LogP contribution in [0.15, 0.2) is 12.4 Å². The van der Waals surface area contributed by atoms with Gasteiger partial charge in [-0.05, 0) is 0 Å². The van der Waals surface area contributed by atoms with Gasteiger partial charge in [0.15, 0.2) is 0 Å². The zero-order chi connectivity index (χ0) is 10.5. The van der Waals surface area contributed by atoms with Gasteiger partial charge in [-0.15, -0.1) is 0 Å². The van der Waals surface area contributed by atoms with Crippen LogP contribution >= 0.6 is 35.1 Å². The predicted octanol–water partition coefficient (Wildman–Crippen LogP) is 2.39. The van der Waals surface area contributed by atoms with E-state index in [0.717, 1.165) is 12.4 Å². The van der Waals surface area contributed by atoms with Crippen LogP contribution in [0, 0.1) is 0 Å². The number of rotatable bonds is 3. The zero-order valence-corrected chi connectivity index (χ0v) is 10.5. The lowest BCUT2D eigenvalue weighted by Gasteiger charge is -2.21. The van der Waals surface area contributed by atoms with Crippen LogP contribution in [0.5, 0.6) is 0 Å². The van der Waals surface area contributed by atoms with Crippen LogP contribution in [0.25, 0.3) is 0 Å². The van der Waals surface area contributed by atoms with Gasteiger partial charge < -0.3 is 5.32 Å². The predicted molar refractivity (Wildman–Crippen MR) is 69.1 cm³/mol. The van der Waals surface area contributed by atoms with Crippen molar-refractivity contribution in [3.63, 3.8) is 0 Å². The molecule has 1 aromatic heterocycles. The quantitative estimate of drug-likeness (QED) is 0.905. The first kappa shape index (κ1) is 11.4. The van der Waals surface area contributed by atoms with Crippen molar-refractivity contribution in [1.29, 1.82) is 0 Å². The van der Waals surface area contributed by atoms with Gasteiger partial charge in [-0.3, -0.25) is 4.98 Å². The van der Waals surface area contributed by atoms with Crippen molar-refractivity contribution in [2.75, 3.05) is 29.1 Å². The maximum absolute atomic E-state index is 5.74. The average molecular weight is 262 g/mol. The van der Waals surface area contributed by atoms with Gasteiger partial charge in [-0.25, -0.2) is 4.98 Å². The van der Waals surface area contributed by atoms with Crippen LogP contribution in [0.4, 0.5) is 5.82 Å². The summed E-state index contributed by atoms with van der Waals surface area (Å²) in [7, 11) is 0. The van der Waals surface area contributed by atoms with E-state index in [4.69, 9.17) is 11.6 Å². The number of hydrogen-bond donors (Lipinski definition) is 1. The molecule has 82 valence electrons. The summed E-state index contributed by atoms with van der Waals surface area (Å²) >= 11 is 9.78. The van der Waals surface area contributed by atoms with E-state index in [1.807, 2.05) is 23.5 Å². The van der Waals surface area contributed by atoms with Gasteiger partial charge in [0, 0.05) is 29.1 Å². The first-order valence-corrected chi connectivity index (χ1v) is 7.33. The Balaban J connectivity index is 1.81. The van der Waals surface area contributed by atoms with Crippen molar-refractivity contribution in [1.82, 2.24) is 9.97 Å². The Bertz CT molecular complexity index is 318. The van der Waals surface area contributed by atoms with Gasteiger partial charge >= 0.3 is 0 Å². The second kappa shape index (κ2) is 5.82. The molecule has 1 aliphatic rings. The number of hydrogen-bond acceptors (Lipinski definition) is 5. The normalized spacial score (nSPS) is 21.3. The number of halogens is 1. The standard InChI is InChI=1S/C9H12ClN3S2/c10-8-4-11-5-9(13-8)12-3-7-6-14-1-2-15-7/h4-5,7H,1-3,6H2,(H,12,13). The summed E-state index contributed by atoms with van der Waals surface area (Å²) in [5, 5.41) is 4.37. The van der Waals surface area contributed by atoms with Gasteiger partial charge in [0.2, 0.25) is 0 Å². The van der Waals surface area contributed by atoms with E-state index in [1.54, 1.807) is 6.20 Å². The molecule has 2 heterocycles. The molecule has 0 aromatic carbocycles. The van der Waals surface area contributed by atoms with Gasteiger partial charge in [0.1, 0.15) is 11.0 Å². The lowest BCUT2D eigenvalue weighted by atomic mass is 10.4. The first-order valence-electron chi connectivity index (χ1n) is 4.75. The molecule has 1 N–H and O–H groups in total. The number of aromatic nitrogens is 2. The molecule has 0 aliphatic carbocycles. The lowest BCUT2D eigenvalue weighted by Crippen LogP contribution is -2.23. The van der Waals surface area contributed by atoms with Crippen molar-refractivity contribution in [2.45, 2.75) is 5.25 Å². The van der Waals surface area contributed by atoms with Gasteiger partial charge in [0.25, 0.3) is 0 Å². The Hall–Kier alpha value is -0.130. The summed E-state index contributed by atoms with van der Waals surface area (Å²) < 4.78 is 0. The highest BCUT2D eigenvalue weighted by Crippen LogP contribution is 2.24. The molecule has 1 saturated heterocycles. The molecule has 6 heteroatoms. The molecule has 0 bridgehead atoms. The van der Waals surface area contributed by atoms with Gasteiger partial charge in [-0.2, -0.15) is 23.5 Å². The maximum atomic E-state index is 5.74. The summed E-state index contributed by atoms with van der Waals surface area (Å²) in [5.41, 5.74) is 0. The minimum absolute atomic E-state index is 0.436. The largest absolute Gasteiger partial charge is 0.368 e. The third-order valence-corrected chi connectivity index (χ3v) is 5.03. The van der Waals surface area contributed by atoms with E-state index in [9.17, 15) is 0 Å². The Morgan fingerprint density at radius 1 is 1.47 bits per heavy atom. The van der Waals surface area contributed by atoms with E-state index in [1.165, 1.54) is 23.5 Å². The highest BCUT2D eigenvalue weighted by molar-refractivity contribution is 8.06. The summed E-state index contributed by atoms with van der Waals surface area (Å²) in [4.78, 5) is 8.11. The maximum Gasteiger partial charge on any atom is 0.149 e. The molecule has 2 rings (SSSR count). The lowest BCUT2D eigenvalue weighted by molar-refractivity contribution is 0.987. The molecule has 3 nitrogen and oxygen atoms in total. The van der Waals surface area contributed by atoms with Crippen LogP contribution < -0.4 is 5.32 Å². The highest BCUT2D eigenvalue weighted by atomic mass is 35.5. The van der Waals surface area contributed by atoms with Crippen molar-refractivity contribution >= 4 is 40.9 Å². The summed E-state index contributed by atoms with van der Waals surface area (Å²) in [6.45, 7) is 0.937. The second-order valence-corrected chi connectivity index (χ2v) is 6.12. The zero-order valence-electron chi connectivity index (χ0n) is 8.15. The Kier molecular flexibility index (Phi) is 4.41. The fourth-order valence-electron chi connectivity index (χ4n) is 1.30. The average Bonchev–Trinajstić information content (AvgIpc) is 2.28. The Morgan fingerprint density at radius 2 is 2.40 bits per heavy atom. The van der Waals surface area contributed by atoms with E-state index in [2.05, 4.69) is 15.3 Å². The van der Waals surface area contributed by atoms with E-state index < -0.39 is 0 Å². The third kappa shape index (κ3) is 3.74. The highest BCUT2D eigenvalue weighted by Gasteiger charge is 2.13. The van der Waals surface area contributed by atoms with Crippen LogP contribution in [-0.4, -0.2) is 39.0 Å². The van der Waals surface area contributed by atoms with Crippen molar-refractivity contribution in [3.05, 3.63) is 17.5 Å². The van der Waals surface area contributed by atoms with Crippen LogP contribution in [0.2, 0.25) is 5.15 Å². The van der Waals surface area contributed by atoms with Crippen molar-refractivity contribution in [2.24, 2.45) is 0 Å². The van der Waals surface area contributed by atoms with Crippen molar-refractivity contribution < 1.29 is 0 Å². The number of anilines is 1. The molecule has 15 heavy (non-hydrogen) atoms. The van der Waals surface area contributed by atoms with Crippen LogP contribution in [0.1, 0.15) is 0 Å². The molecular weight excluding hydrogens is 250 g/mol. The molecule has 1 aliphatic heterocycles. The molecule has 0 amide bonds. The van der Waals surface area contributed by atoms with E-state index in [0.29, 0.717) is 10.4 Å². The van der Waals surface area contributed by atoms with Crippen molar-refractivity contribution in [3.8, 4) is 0 Å². The SMILES string of the molecule is Clc1cncc(NCC2CSCCS2)n1. The Morgan fingerprint density at radius 3 is 3.13 bits per heavy atom. The molecule has 0 spiro atoms. The second-order valence-electron chi connectivity index (χ2n) is 3.18. The summed E-state index contributed by atoms with van der Waals surface area (Å²) in [5.74, 6) is 4.50. The minimum atomic E-state index is 0.436. The monoisotopic (exact) mass is 261 g/mol. The summed E-state index contributed by atoms with van der Waals surface area (Å²) in [6.07, 6.45) is 3.24. The van der Waals surface area contributed by atoms with Gasteiger partial charge in [-0.1, -0.05) is 11.6 Å². The van der Waals surface area contributed by atoms with E-state index in [-0.39, 0.29) is 0 Å². The smallest absolute Gasteiger partial charge is 0.149 e. The molecule has 0 saturated carbocycles. The minimum Gasteiger partial charge on any atom is -0.368 e. The molecule has 1 atom stereocenters. The van der Waals surface area contributed by atoms with Crippen LogP contribution in [-0.2, 0) is 0 Å². The van der Waals surface area contributed by atoms with E-state index >= 15 is 0 Å². The fraction of sp³-hybridized carbons (Fsp3) is 0.556. The molecule has 1 aromatic rings. The topological polar surface area (TPSA) is 37.8 Å². The first-order chi connectivity index (χ1) is 7.34. The fourth-order valence-corrected chi connectivity index (χ4v) is 4.06. The molecule has 1 fully saturated rings. The third-order valence-electron chi connectivity index (χ3n) is 2.00. The van der Waals surface area contributed by atoms with Gasteiger partial charge in [0.05, 0.1) is 12.4 Å². The molecular formula is C9H12ClN3S2. The number of nitrogens with zero attached hydrogens (tertiary/aromatic N) is 2. The Labute approximate surface area is 103 Å². The number of nitrogens with one attached hydrogen (secondary N) is 1. The summed E-state index contributed by atoms with van der Waals surface area (Å²) in [6, 6.07) is 0. The molecule has 0 radical (unpaired) electrons. The number of thioether (sulfide) groups is 2.